The zero-order chi connectivity index (χ0) is 24.9. The molecule has 35 heavy (non-hydrogen) atoms. The Morgan fingerprint density at radius 1 is 1.14 bits per heavy atom. The molecule has 9 heteroatoms. The van der Waals surface area contributed by atoms with E-state index in [-0.39, 0.29) is 42.9 Å². The van der Waals surface area contributed by atoms with E-state index in [2.05, 4.69) is 5.32 Å². The molecule has 0 spiro atoms. The largest absolute Gasteiger partial charge is 0.469 e. The minimum Gasteiger partial charge on any atom is -0.469 e. The van der Waals surface area contributed by atoms with E-state index < -0.39 is 0 Å². The molecule has 1 aromatic carbocycles. The normalized spacial score (nSPS) is 17.8. The Balaban J connectivity index is 1.50. The second kappa shape index (κ2) is 11.0. The Kier molecular flexibility index (Phi) is 7.87. The van der Waals surface area contributed by atoms with Crippen molar-refractivity contribution >= 4 is 45.0 Å². The highest BCUT2D eigenvalue weighted by Crippen LogP contribution is 2.28. The lowest BCUT2D eigenvalue weighted by atomic mass is 9.86. The molecule has 3 aromatic rings. The van der Waals surface area contributed by atoms with Crippen LogP contribution in [-0.4, -0.2) is 47.2 Å². The van der Waals surface area contributed by atoms with Gasteiger partial charge in [-0.15, -0.1) is 11.3 Å². The summed E-state index contributed by atoms with van der Waals surface area (Å²) in [5.41, 5.74) is 2.84. The molecule has 0 radical (unpaired) electrons. The minimum absolute atomic E-state index is 0.0160. The highest BCUT2D eigenvalue weighted by Gasteiger charge is 2.29. The number of methoxy groups -OCH3 is 1. The summed E-state index contributed by atoms with van der Waals surface area (Å²) in [5, 5.41) is 14.4. The number of amides is 2. The maximum Gasteiger partial charge on any atom is 0.308 e. The summed E-state index contributed by atoms with van der Waals surface area (Å²) in [6.45, 7) is 2.37. The molecule has 1 aliphatic carbocycles. The van der Waals surface area contributed by atoms with Crippen molar-refractivity contribution in [3.8, 4) is 0 Å². The van der Waals surface area contributed by atoms with Gasteiger partial charge in [0.15, 0.2) is 0 Å². The van der Waals surface area contributed by atoms with Crippen molar-refractivity contribution < 1.29 is 24.2 Å². The first-order valence-electron chi connectivity index (χ1n) is 11.9. The van der Waals surface area contributed by atoms with Crippen molar-refractivity contribution in [2.24, 2.45) is 5.92 Å². The van der Waals surface area contributed by atoms with Gasteiger partial charge in [-0.3, -0.25) is 14.4 Å². The molecule has 1 fully saturated rings. The molecule has 0 atom stereocenters. The quantitative estimate of drug-likeness (QED) is 0.462. The zero-order valence-corrected chi connectivity index (χ0v) is 20.8. The number of aliphatic hydroxyl groups excluding tert-OH is 1. The van der Waals surface area contributed by atoms with Crippen molar-refractivity contribution in [2.45, 2.75) is 51.8 Å². The lowest BCUT2D eigenvalue weighted by molar-refractivity contribution is -0.146. The number of nitrogens with zero attached hydrogens (tertiary/aromatic N) is 2. The number of ether oxygens (including phenoxy) is 1. The summed E-state index contributed by atoms with van der Waals surface area (Å²) in [7, 11) is 1.40. The second-order valence-electron chi connectivity index (χ2n) is 8.79. The second-order valence-corrected chi connectivity index (χ2v) is 9.74. The minimum atomic E-state index is -0.210. The average molecular weight is 498 g/mol. The van der Waals surface area contributed by atoms with E-state index >= 15 is 0 Å². The number of aromatic nitrogens is 1. The van der Waals surface area contributed by atoms with Crippen LogP contribution < -0.4 is 10.2 Å². The maximum absolute atomic E-state index is 13.3. The van der Waals surface area contributed by atoms with Crippen LogP contribution in [0.1, 0.15) is 48.7 Å². The molecule has 0 bridgehead atoms. The highest BCUT2D eigenvalue weighted by molar-refractivity contribution is 7.17. The molecule has 0 saturated heterocycles. The molecule has 2 N–H and O–H groups in total. The molecule has 0 unspecified atom stereocenters. The maximum atomic E-state index is 13.3. The summed E-state index contributed by atoms with van der Waals surface area (Å²) in [6, 6.07) is 11.0. The van der Waals surface area contributed by atoms with Gasteiger partial charge in [-0.2, -0.15) is 0 Å². The topological polar surface area (TPSA) is 101 Å². The van der Waals surface area contributed by atoms with Crippen LogP contribution >= 0.6 is 11.3 Å². The van der Waals surface area contributed by atoms with Gasteiger partial charge in [-0.05, 0) is 67.8 Å². The molecule has 2 heterocycles. The van der Waals surface area contributed by atoms with Crippen LogP contribution in [0, 0.1) is 5.92 Å². The van der Waals surface area contributed by atoms with Crippen LogP contribution in [0.25, 0.3) is 10.2 Å². The zero-order valence-electron chi connectivity index (χ0n) is 20.0. The number of rotatable bonds is 8. The molecule has 186 valence electrons. The Morgan fingerprint density at radius 2 is 1.86 bits per heavy atom. The Morgan fingerprint density at radius 3 is 2.49 bits per heavy atom. The van der Waals surface area contributed by atoms with Gasteiger partial charge in [-0.1, -0.05) is 12.1 Å². The third-order valence-electron chi connectivity index (χ3n) is 6.69. The molecule has 4 rings (SSSR count). The fourth-order valence-corrected chi connectivity index (χ4v) is 5.56. The van der Waals surface area contributed by atoms with Gasteiger partial charge in [0.25, 0.3) is 5.91 Å². The van der Waals surface area contributed by atoms with Crippen molar-refractivity contribution in [2.75, 3.05) is 18.6 Å². The Labute approximate surface area is 208 Å². The number of benzene rings is 1. The Bertz CT molecular complexity index is 1190. The summed E-state index contributed by atoms with van der Waals surface area (Å²) in [4.78, 5) is 40.1. The number of nitrogens with one attached hydrogen (secondary N) is 1. The van der Waals surface area contributed by atoms with E-state index in [0.29, 0.717) is 37.9 Å². The summed E-state index contributed by atoms with van der Waals surface area (Å²) < 4.78 is 7.59. The third kappa shape index (κ3) is 5.41. The molecular weight excluding hydrogens is 466 g/mol. The van der Waals surface area contributed by atoms with E-state index in [1.54, 1.807) is 21.6 Å². The van der Waals surface area contributed by atoms with Crippen molar-refractivity contribution in [1.82, 2.24) is 9.88 Å². The summed E-state index contributed by atoms with van der Waals surface area (Å²) >= 11 is 1.53. The van der Waals surface area contributed by atoms with Gasteiger partial charge >= 0.3 is 5.97 Å². The van der Waals surface area contributed by atoms with E-state index in [0.717, 1.165) is 21.5 Å². The van der Waals surface area contributed by atoms with Crippen LogP contribution in [0.5, 0.6) is 0 Å². The number of hydrogen-bond donors (Lipinski definition) is 2. The van der Waals surface area contributed by atoms with Crippen molar-refractivity contribution in [3.63, 3.8) is 0 Å². The van der Waals surface area contributed by atoms with Gasteiger partial charge in [0.2, 0.25) is 5.91 Å². The summed E-state index contributed by atoms with van der Waals surface area (Å²) in [5.74, 6) is -0.626. The number of thiophene rings is 1. The first-order valence-corrected chi connectivity index (χ1v) is 12.8. The number of anilines is 1. The highest BCUT2D eigenvalue weighted by atomic mass is 32.1. The SMILES string of the molecule is CCN(C(=O)Cn1c(C(=O)NC2CCC(C(=O)OC)CC2)cc2sccc21)c1ccc(CO)cc1. The van der Waals surface area contributed by atoms with Gasteiger partial charge in [0, 0.05) is 18.3 Å². The van der Waals surface area contributed by atoms with E-state index in [1.165, 1.54) is 18.4 Å². The van der Waals surface area contributed by atoms with Gasteiger partial charge < -0.3 is 24.6 Å². The number of carbonyl (C=O) groups is 3. The van der Waals surface area contributed by atoms with Crippen molar-refractivity contribution in [3.05, 3.63) is 53.0 Å². The van der Waals surface area contributed by atoms with Crippen LogP contribution in [0.15, 0.2) is 41.8 Å². The molecule has 1 aliphatic rings. The first kappa shape index (κ1) is 24.9. The Hall–Kier alpha value is -3.17. The standard InChI is InChI=1S/C26H31N3O5S/c1-3-28(20-10-4-17(16-30)5-11-20)24(31)15-29-21-12-13-35-23(21)14-22(29)25(32)27-19-8-6-18(7-9-19)26(33)34-2/h4-5,10-14,18-19,30H,3,6-9,15-16H2,1-2H3,(H,27,32). The van der Waals surface area contributed by atoms with E-state index in [9.17, 15) is 19.5 Å². The predicted molar refractivity (Wildman–Crippen MR) is 135 cm³/mol. The third-order valence-corrected chi connectivity index (χ3v) is 7.55. The van der Waals surface area contributed by atoms with Gasteiger partial charge in [0.1, 0.15) is 12.2 Å². The van der Waals surface area contributed by atoms with Crippen molar-refractivity contribution in [1.29, 1.82) is 0 Å². The molecular formula is C26H31N3O5S. The number of aliphatic hydroxyl groups is 1. The average Bonchev–Trinajstić information content (AvgIpc) is 3.47. The van der Waals surface area contributed by atoms with E-state index in [1.807, 2.05) is 36.6 Å². The molecule has 2 amide bonds. The number of likely N-dealkylation sites (N-methyl/N-ethyl adjacent to an activating group) is 1. The lowest BCUT2D eigenvalue weighted by Gasteiger charge is -2.27. The first-order chi connectivity index (χ1) is 16.9. The molecule has 0 aliphatic heterocycles. The number of esters is 1. The van der Waals surface area contributed by atoms with Gasteiger partial charge in [-0.25, -0.2) is 0 Å². The van der Waals surface area contributed by atoms with Crippen LogP contribution in [0.3, 0.4) is 0 Å². The fraction of sp³-hybridized carbons (Fsp3) is 0.423. The van der Waals surface area contributed by atoms with E-state index in [4.69, 9.17) is 4.74 Å². The fourth-order valence-electron chi connectivity index (χ4n) is 4.74. The van der Waals surface area contributed by atoms with Crippen LogP contribution in [0.2, 0.25) is 0 Å². The predicted octanol–water partition coefficient (Wildman–Crippen LogP) is 3.71. The van der Waals surface area contributed by atoms with Crippen LogP contribution in [0.4, 0.5) is 5.69 Å². The van der Waals surface area contributed by atoms with Crippen LogP contribution in [-0.2, 0) is 27.5 Å². The molecule has 8 nitrogen and oxygen atoms in total. The van der Waals surface area contributed by atoms with Gasteiger partial charge in [0.05, 0.1) is 29.9 Å². The molecule has 1 saturated carbocycles. The molecule has 2 aromatic heterocycles. The number of fused-ring (bicyclic) bond motifs is 1. The monoisotopic (exact) mass is 497 g/mol. The summed E-state index contributed by atoms with van der Waals surface area (Å²) in [6.07, 6.45) is 2.80. The smallest absolute Gasteiger partial charge is 0.308 e. The number of hydrogen-bond acceptors (Lipinski definition) is 6. The number of carbonyl (C=O) groups excluding carboxylic acids is 3. The lowest BCUT2D eigenvalue weighted by Crippen LogP contribution is -2.40.